The molecule has 0 radical (unpaired) electrons. The van der Waals surface area contributed by atoms with E-state index >= 15 is 4.39 Å². The lowest BCUT2D eigenvalue weighted by Gasteiger charge is -2.11. The summed E-state index contributed by atoms with van der Waals surface area (Å²) in [5.41, 5.74) is 4.45. The molecule has 0 amide bonds. The Morgan fingerprint density at radius 2 is 1.77 bits per heavy atom. The first-order valence-electron chi connectivity index (χ1n) is 12.8. The number of imidazole rings is 1. The number of carboxylic acid groups (broad SMARTS) is 1. The van der Waals surface area contributed by atoms with Crippen molar-refractivity contribution in [3.8, 4) is 11.3 Å². The highest BCUT2D eigenvalue weighted by molar-refractivity contribution is 5.92. The third-order valence-corrected chi connectivity index (χ3v) is 6.71. The topological polar surface area (TPSA) is 89.3 Å². The summed E-state index contributed by atoms with van der Waals surface area (Å²) in [5, 5.41) is 12.5. The summed E-state index contributed by atoms with van der Waals surface area (Å²) in [6, 6.07) is 20.1. The van der Waals surface area contributed by atoms with Crippen LogP contribution in [0.1, 0.15) is 32.9 Å². The number of nitrogens with zero attached hydrogens (tertiary/aromatic N) is 3. The number of aryl methyl sites for hydroxylation is 1. The van der Waals surface area contributed by atoms with Crippen molar-refractivity contribution in [1.29, 1.82) is 0 Å². The number of aromatic nitrogens is 3. The number of anilines is 1. The predicted octanol–water partition coefficient (Wildman–Crippen LogP) is 6.23. The lowest BCUT2D eigenvalue weighted by atomic mass is 10.1. The van der Waals surface area contributed by atoms with Crippen molar-refractivity contribution in [3.63, 3.8) is 0 Å². The highest BCUT2D eigenvalue weighted by atomic mass is 19.1. The van der Waals surface area contributed by atoms with Gasteiger partial charge in [-0.25, -0.2) is 23.5 Å². The number of benzene rings is 3. The molecule has 9 heteroatoms. The van der Waals surface area contributed by atoms with Crippen LogP contribution in [0.25, 0.3) is 22.3 Å². The summed E-state index contributed by atoms with van der Waals surface area (Å²) in [4.78, 5) is 20.7. The quantitative estimate of drug-likeness (QED) is 0.217. The second-order valence-corrected chi connectivity index (χ2v) is 9.52. The number of rotatable bonds is 10. The van der Waals surface area contributed by atoms with E-state index in [0.717, 1.165) is 5.56 Å². The second-order valence-electron chi connectivity index (χ2n) is 9.52. The van der Waals surface area contributed by atoms with E-state index in [-0.39, 0.29) is 24.3 Å². The minimum Gasteiger partial charge on any atom is -0.478 e. The van der Waals surface area contributed by atoms with Gasteiger partial charge in [0.2, 0.25) is 0 Å². The Morgan fingerprint density at radius 3 is 2.52 bits per heavy atom. The van der Waals surface area contributed by atoms with Crippen molar-refractivity contribution in [1.82, 2.24) is 14.5 Å². The van der Waals surface area contributed by atoms with Gasteiger partial charge < -0.3 is 19.7 Å². The zero-order chi connectivity index (χ0) is 28.2. The summed E-state index contributed by atoms with van der Waals surface area (Å²) in [6.07, 6.45) is 0.212. The molecule has 204 valence electrons. The highest BCUT2D eigenvalue weighted by Crippen LogP contribution is 2.25. The van der Waals surface area contributed by atoms with Crippen LogP contribution in [0.4, 0.5) is 14.6 Å². The number of aromatic carboxylic acids is 1. The van der Waals surface area contributed by atoms with Gasteiger partial charge in [0.05, 0.1) is 28.9 Å². The number of methoxy groups -OCH3 is 1. The van der Waals surface area contributed by atoms with Crippen LogP contribution in [0.15, 0.2) is 72.8 Å². The van der Waals surface area contributed by atoms with E-state index in [9.17, 15) is 14.3 Å². The molecule has 2 aromatic heterocycles. The van der Waals surface area contributed by atoms with Gasteiger partial charge in [0.1, 0.15) is 23.3 Å². The van der Waals surface area contributed by atoms with Crippen LogP contribution in [0.3, 0.4) is 0 Å². The van der Waals surface area contributed by atoms with E-state index < -0.39 is 11.8 Å². The fraction of sp³-hybridized carbons (Fsp3) is 0.194. The maximum Gasteiger partial charge on any atom is 0.335 e. The van der Waals surface area contributed by atoms with Gasteiger partial charge in [-0.05, 0) is 60.5 Å². The predicted molar refractivity (Wildman–Crippen MR) is 149 cm³/mol. The molecule has 0 fully saturated rings. The Labute approximate surface area is 230 Å². The number of halogens is 2. The Hall–Kier alpha value is -4.63. The van der Waals surface area contributed by atoms with E-state index in [0.29, 0.717) is 58.2 Å². The molecule has 0 aliphatic rings. The lowest BCUT2D eigenvalue weighted by molar-refractivity contribution is 0.0697. The summed E-state index contributed by atoms with van der Waals surface area (Å²) < 4.78 is 36.6. The summed E-state index contributed by atoms with van der Waals surface area (Å²) >= 11 is 0. The molecule has 40 heavy (non-hydrogen) atoms. The molecular formula is C31H28F2N4O3. The van der Waals surface area contributed by atoms with Crippen LogP contribution in [-0.4, -0.2) is 39.3 Å². The Bertz CT molecular complexity index is 1700. The first-order chi connectivity index (χ1) is 19.3. The molecule has 0 aliphatic carbocycles. The number of carboxylic acids is 1. The molecule has 0 unspecified atom stereocenters. The maximum absolute atomic E-state index is 15.4. The zero-order valence-electron chi connectivity index (χ0n) is 22.1. The summed E-state index contributed by atoms with van der Waals surface area (Å²) in [5.74, 6) is -0.557. The summed E-state index contributed by atoms with van der Waals surface area (Å²) in [7, 11) is 1.58. The minimum atomic E-state index is -1.03. The maximum atomic E-state index is 15.4. The molecule has 0 atom stereocenters. The standard InChI is InChI=1S/C31H28F2N4O3/c1-19-6-7-23(24(32)14-19)18-34-29-5-3-4-26(35-29)21-9-8-20(25(33)15-21)17-30-36-27-11-10-22(31(38)39)16-28(27)37(30)12-13-40-2/h3-11,14-16H,12-13,17-18H2,1-2H3,(H,34,35)(H,38,39). The SMILES string of the molecule is COCCn1c(Cc2ccc(-c3cccc(NCc4ccc(C)cc4F)n3)cc2F)nc2ccc(C(=O)O)cc21. The molecule has 0 spiro atoms. The number of hydrogen-bond donors (Lipinski definition) is 2. The fourth-order valence-corrected chi connectivity index (χ4v) is 4.57. The van der Waals surface area contributed by atoms with Crippen molar-refractivity contribution in [2.75, 3.05) is 19.0 Å². The molecule has 5 rings (SSSR count). The van der Waals surface area contributed by atoms with Gasteiger partial charge >= 0.3 is 5.97 Å². The van der Waals surface area contributed by atoms with Crippen LogP contribution >= 0.6 is 0 Å². The van der Waals surface area contributed by atoms with Crippen LogP contribution < -0.4 is 5.32 Å². The minimum absolute atomic E-state index is 0.154. The van der Waals surface area contributed by atoms with Crippen molar-refractivity contribution in [3.05, 3.63) is 113 Å². The second kappa shape index (κ2) is 11.6. The van der Waals surface area contributed by atoms with Crippen molar-refractivity contribution in [2.45, 2.75) is 26.4 Å². The Morgan fingerprint density at radius 1 is 0.975 bits per heavy atom. The van der Waals surface area contributed by atoms with Gasteiger partial charge in [0.25, 0.3) is 0 Å². The normalized spacial score (nSPS) is 11.2. The molecule has 7 nitrogen and oxygen atoms in total. The molecule has 0 bridgehead atoms. The van der Waals surface area contributed by atoms with Crippen LogP contribution in [0, 0.1) is 18.6 Å². The van der Waals surface area contributed by atoms with Crippen molar-refractivity contribution in [2.24, 2.45) is 0 Å². The monoisotopic (exact) mass is 542 g/mol. The first kappa shape index (κ1) is 27.0. The first-order valence-corrected chi connectivity index (χ1v) is 12.8. The molecule has 3 aromatic carbocycles. The van der Waals surface area contributed by atoms with Crippen molar-refractivity contribution < 1.29 is 23.4 Å². The number of nitrogens with one attached hydrogen (secondary N) is 1. The lowest BCUT2D eigenvalue weighted by Crippen LogP contribution is -2.10. The van der Waals surface area contributed by atoms with E-state index in [1.54, 1.807) is 49.6 Å². The number of ether oxygens (including phenoxy) is 1. The van der Waals surface area contributed by atoms with Gasteiger partial charge in [-0.2, -0.15) is 0 Å². The largest absolute Gasteiger partial charge is 0.478 e. The average Bonchev–Trinajstić information content (AvgIpc) is 3.28. The summed E-state index contributed by atoms with van der Waals surface area (Å²) in [6.45, 7) is 2.95. The third-order valence-electron chi connectivity index (χ3n) is 6.71. The van der Waals surface area contributed by atoms with Crippen LogP contribution in [0.2, 0.25) is 0 Å². The van der Waals surface area contributed by atoms with Crippen LogP contribution in [0.5, 0.6) is 0 Å². The van der Waals surface area contributed by atoms with Gasteiger partial charge in [-0.3, -0.25) is 0 Å². The Kier molecular flexibility index (Phi) is 7.84. The molecular weight excluding hydrogens is 514 g/mol. The van der Waals surface area contributed by atoms with E-state index in [1.165, 1.54) is 18.2 Å². The molecule has 0 saturated carbocycles. The van der Waals surface area contributed by atoms with Crippen molar-refractivity contribution >= 4 is 22.8 Å². The van der Waals surface area contributed by atoms with Gasteiger partial charge in [-0.1, -0.05) is 30.3 Å². The molecule has 2 heterocycles. The van der Waals surface area contributed by atoms with Crippen LogP contribution in [-0.2, 0) is 24.2 Å². The van der Waals surface area contributed by atoms with Gasteiger partial charge in [0.15, 0.2) is 0 Å². The zero-order valence-corrected chi connectivity index (χ0v) is 22.1. The van der Waals surface area contributed by atoms with E-state index in [1.807, 2.05) is 23.6 Å². The Balaban J connectivity index is 1.37. The van der Waals surface area contributed by atoms with E-state index in [2.05, 4.69) is 15.3 Å². The highest BCUT2D eigenvalue weighted by Gasteiger charge is 2.16. The number of fused-ring (bicyclic) bond motifs is 1. The average molecular weight is 543 g/mol. The number of hydrogen-bond acceptors (Lipinski definition) is 5. The number of pyridine rings is 1. The van der Waals surface area contributed by atoms with E-state index in [4.69, 9.17) is 4.74 Å². The van der Waals surface area contributed by atoms with Gasteiger partial charge in [-0.15, -0.1) is 0 Å². The third kappa shape index (κ3) is 5.84. The molecule has 5 aromatic rings. The fourth-order valence-electron chi connectivity index (χ4n) is 4.57. The molecule has 2 N–H and O–H groups in total. The molecule has 0 saturated heterocycles. The smallest absolute Gasteiger partial charge is 0.335 e. The molecule has 0 aliphatic heterocycles. The van der Waals surface area contributed by atoms with Gasteiger partial charge in [0, 0.05) is 37.7 Å². The number of carbonyl (C=O) groups is 1.